The lowest BCUT2D eigenvalue weighted by Gasteiger charge is -2.09. The maximum absolute atomic E-state index is 12.1. The van der Waals surface area contributed by atoms with Crippen molar-refractivity contribution in [2.75, 3.05) is 13.7 Å². The van der Waals surface area contributed by atoms with Crippen LogP contribution < -0.4 is 20.6 Å². The largest absolute Gasteiger partial charge is 0.493 e. The lowest BCUT2D eigenvalue weighted by atomic mass is 10.1. The van der Waals surface area contributed by atoms with Crippen LogP contribution in [0.3, 0.4) is 0 Å². The molecule has 0 saturated carbocycles. The van der Waals surface area contributed by atoms with E-state index in [4.69, 9.17) is 15.2 Å². The summed E-state index contributed by atoms with van der Waals surface area (Å²) < 4.78 is 10.4. The van der Waals surface area contributed by atoms with Crippen molar-refractivity contribution >= 4 is 18.0 Å². The molecule has 0 bridgehead atoms. The number of carbonyl (C=O) groups is 2. The van der Waals surface area contributed by atoms with E-state index in [1.54, 1.807) is 30.3 Å². The number of hydrazone groups is 1. The molecule has 2 aromatic rings. The van der Waals surface area contributed by atoms with E-state index in [1.165, 1.54) is 13.3 Å². The second kappa shape index (κ2) is 8.49. The van der Waals surface area contributed by atoms with Gasteiger partial charge in [0.2, 0.25) is 0 Å². The first-order valence-corrected chi connectivity index (χ1v) is 7.49. The summed E-state index contributed by atoms with van der Waals surface area (Å²) in [6, 6.07) is 12.3. The van der Waals surface area contributed by atoms with Gasteiger partial charge in [-0.15, -0.1) is 0 Å². The summed E-state index contributed by atoms with van der Waals surface area (Å²) >= 11 is 0. The van der Waals surface area contributed by atoms with E-state index in [9.17, 15) is 9.59 Å². The number of methoxy groups -OCH3 is 1. The second-order valence-electron chi connectivity index (χ2n) is 5.18. The number of hydrogen-bond acceptors (Lipinski definition) is 5. The molecule has 0 aliphatic heterocycles. The Labute approximate surface area is 145 Å². The fourth-order valence-corrected chi connectivity index (χ4v) is 2.09. The van der Waals surface area contributed by atoms with Gasteiger partial charge in [0.05, 0.1) is 13.3 Å². The van der Waals surface area contributed by atoms with Gasteiger partial charge in [0.1, 0.15) is 0 Å². The van der Waals surface area contributed by atoms with Crippen LogP contribution in [0.2, 0.25) is 0 Å². The minimum absolute atomic E-state index is 0.240. The number of amides is 2. The Hall–Kier alpha value is -3.35. The van der Waals surface area contributed by atoms with Gasteiger partial charge in [0.25, 0.3) is 11.8 Å². The molecule has 3 N–H and O–H groups in total. The Bertz CT molecular complexity index is 803. The van der Waals surface area contributed by atoms with Gasteiger partial charge in [-0.25, -0.2) is 5.43 Å². The highest BCUT2D eigenvalue weighted by Gasteiger charge is 2.08. The van der Waals surface area contributed by atoms with Gasteiger partial charge < -0.3 is 15.2 Å². The Morgan fingerprint density at radius 2 is 1.96 bits per heavy atom. The molecule has 0 fully saturated rings. The van der Waals surface area contributed by atoms with Crippen molar-refractivity contribution in [3.63, 3.8) is 0 Å². The van der Waals surface area contributed by atoms with Crippen LogP contribution in [0.1, 0.15) is 21.5 Å². The third-order valence-electron chi connectivity index (χ3n) is 3.33. The SMILES string of the molecule is COc1cc(/C=N/NC(=O)c2ccccc2C)ccc1OCC(N)=O. The van der Waals surface area contributed by atoms with E-state index >= 15 is 0 Å². The van der Waals surface area contributed by atoms with Crippen molar-refractivity contribution < 1.29 is 19.1 Å². The van der Waals surface area contributed by atoms with Gasteiger partial charge in [0, 0.05) is 5.56 Å². The third kappa shape index (κ3) is 5.07. The summed E-state index contributed by atoms with van der Waals surface area (Å²) in [5.74, 6) is -0.0489. The number of benzene rings is 2. The molecular weight excluding hydrogens is 322 g/mol. The maximum atomic E-state index is 12.1. The van der Waals surface area contributed by atoms with Crippen molar-refractivity contribution in [2.45, 2.75) is 6.92 Å². The Morgan fingerprint density at radius 1 is 1.20 bits per heavy atom. The first kappa shape index (κ1) is 18.0. The van der Waals surface area contributed by atoms with Crippen LogP contribution in [0.5, 0.6) is 11.5 Å². The third-order valence-corrected chi connectivity index (χ3v) is 3.33. The van der Waals surface area contributed by atoms with E-state index in [2.05, 4.69) is 10.5 Å². The Morgan fingerprint density at radius 3 is 2.64 bits per heavy atom. The number of carbonyl (C=O) groups excluding carboxylic acids is 2. The summed E-state index contributed by atoms with van der Waals surface area (Å²) in [4.78, 5) is 22.8. The molecule has 2 aromatic carbocycles. The molecule has 0 spiro atoms. The Balaban J connectivity index is 2.04. The summed E-state index contributed by atoms with van der Waals surface area (Å²) in [5.41, 5.74) is 9.64. The van der Waals surface area contributed by atoms with Gasteiger partial charge in [-0.2, -0.15) is 5.10 Å². The van der Waals surface area contributed by atoms with Crippen LogP contribution >= 0.6 is 0 Å². The summed E-state index contributed by atoms with van der Waals surface area (Å²) in [5, 5.41) is 3.94. The van der Waals surface area contributed by atoms with Crippen LogP contribution in [0.25, 0.3) is 0 Å². The quantitative estimate of drug-likeness (QED) is 0.590. The lowest BCUT2D eigenvalue weighted by Crippen LogP contribution is -2.20. The fraction of sp³-hybridized carbons (Fsp3) is 0.167. The average Bonchev–Trinajstić information content (AvgIpc) is 2.60. The highest BCUT2D eigenvalue weighted by Crippen LogP contribution is 2.27. The highest BCUT2D eigenvalue weighted by molar-refractivity contribution is 5.96. The van der Waals surface area contributed by atoms with Crippen molar-refractivity contribution in [3.8, 4) is 11.5 Å². The predicted molar refractivity (Wildman–Crippen MR) is 93.9 cm³/mol. The number of nitrogens with two attached hydrogens (primary N) is 1. The zero-order valence-corrected chi connectivity index (χ0v) is 14.0. The van der Waals surface area contributed by atoms with Crippen LogP contribution in [0.15, 0.2) is 47.6 Å². The molecule has 130 valence electrons. The molecule has 0 unspecified atom stereocenters. The van der Waals surface area contributed by atoms with Crippen LogP contribution in [0.4, 0.5) is 0 Å². The molecule has 0 aliphatic rings. The van der Waals surface area contributed by atoms with Gasteiger partial charge in [0.15, 0.2) is 18.1 Å². The van der Waals surface area contributed by atoms with Crippen molar-refractivity contribution in [3.05, 3.63) is 59.2 Å². The van der Waals surface area contributed by atoms with E-state index in [0.29, 0.717) is 22.6 Å². The Kier molecular flexibility index (Phi) is 6.11. The molecular formula is C18H19N3O4. The first-order chi connectivity index (χ1) is 12.0. The molecule has 0 saturated heterocycles. The normalized spacial score (nSPS) is 10.5. The van der Waals surface area contributed by atoms with Gasteiger partial charge in [-0.05, 0) is 42.3 Å². The van der Waals surface area contributed by atoms with Crippen molar-refractivity contribution in [1.82, 2.24) is 5.43 Å². The van der Waals surface area contributed by atoms with E-state index in [-0.39, 0.29) is 12.5 Å². The van der Waals surface area contributed by atoms with Gasteiger partial charge in [-0.1, -0.05) is 18.2 Å². The average molecular weight is 341 g/mol. The fourth-order valence-electron chi connectivity index (χ4n) is 2.09. The molecule has 0 radical (unpaired) electrons. The zero-order valence-electron chi connectivity index (χ0n) is 14.0. The molecule has 2 rings (SSSR count). The topological polar surface area (TPSA) is 103 Å². The van der Waals surface area contributed by atoms with Crippen LogP contribution in [-0.4, -0.2) is 31.7 Å². The molecule has 0 aliphatic carbocycles. The molecule has 7 nitrogen and oxygen atoms in total. The van der Waals surface area contributed by atoms with Gasteiger partial charge >= 0.3 is 0 Å². The smallest absolute Gasteiger partial charge is 0.271 e. The second-order valence-corrected chi connectivity index (χ2v) is 5.18. The molecule has 2 amide bonds. The summed E-state index contributed by atoms with van der Waals surface area (Å²) in [6.07, 6.45) is 1.48. The predicted octanol–water partition coefficient (Wildman–Crippen LogP) is 1.63. The minimum Gasteiger partial charge on any atom is -0.493 e. The summed E-state index contributed by atoms with van der Waals surface area (Å²) in [7, 11) is 1.48. The number of nitrogens with one attached hydrogen (secondary N) is 1. The standard InChI is InChI=1S/C18H19N3O4/c1-12-5-3-4-6-14(12)18(23)21-20-10-13-7-8-15(16(9-13)24-2)25-11-17(19)22/h3-10H,11H2,1-2H3,(H2,19,22)(H,21,23)/b20-10+. The number of aryl methyl sites for hydroxylation is 1. The lowest BCUT2D eigenvalue weighted by molar-refractivity contribution is -0.119. The first-order valence-electron chi connectivity index (χ1n) is 7.49. The molecule has 0 atom stereocenters. The number of hydrogen-bond donors (Lipinski definition) is 2. The molecule has 0 aromatic heterocycles. The van der Waals surface area contributed by atoms with Crippen molar-refractivity contribution in [1.29, 1.82) is 0 Å². The number of rotatable bonds is 7. The summed E-state index contributed by atoms with van der Waals surface area (Å²) in [6.45, 7) is 1.62. The monoisotopic (exact) mass is 341 g/mol. The number of nitrogens with zero attached hydrogens (tertiary/aromatic N) is 1. The molecule has 7 heteroatoms. The maximum Gasteiger partial charge on any atom is 0.271 e. The number of primary amides is 1. The van der Waals surface area contributed by atoms with Gasteiger partial charge in [-0.3, -0.25) is 9.59 Å². The van der Waals surface area contributed by atoms with Crippen LogP contribution in [0, 0.1) is 6.92 Å². The molecule has 25 heavy (non-hydrogen) atoms. The highest BCUT2D eigenvalue weighted by atomic mass is 16.5. The van der Waals surface area contributed by atoms with E-state index in [0.717, 1.165) is 5.56 Å². The number of ether oxygens (including phenoxy) is 2. The van der Waals surface area contributed by atoms with E-state index in [1.807, 2.05) is 19.1 Å². The van der Waals surface area contributed by atoms with E-state index < -0.39 is 5.91 Å². The molecule has 0 heterocycles. The van der Waals surface area contributed by atoms with Crippen LogP contribution in [-0.2, 0) is 4.79 Å². The zero-order chi connectivity index (χ0) is 18.2. The van der Waals surface area contributed by atoms with Crippen molar-refractivity contribution in [2.24, 2.45) is 10.8 Å². The minimum atomic E-state index is -0.577.